The van der Waals surface area contributed by atoms with Crippen LogP contribution in [0.15, 0.2) is 24.5 Å². The average molecular weight is 293 g/mol. The van der Waals surface area contributed by atoms with E-state index in [0.29, 0.717) is 18.3 Å². The van der Waals surface area contributed by atoms with Crippen LogP contribution >= 0.6 is 0 Å². The average Bonchev–Trinajstić information content (AvgIpc) is 2.86. The lowest BCUT2D eigenvalue weighted by atomic mass is 10.2. The van der Waals surface area contributed by atoms with E-state index in [-0.39, 0.29) is 18.6 Å². The Kier molecular flexibility index (Phi) is 5.52. The van der Waals surface area contributed by atoms with Gasteiger partial charge in [-0.1, -0.05) is 0 Å². The fourth-order valence-corrected chi connectivity index (χ4v) is 2.52. The van der Waals surface area contributed by atoms with Crippen LogP contribution in [-0.2, 0) is 9.53 Å². The summed E-state index contributed by atoms with van der Waals surface area (Å²) in [7, 11) is 5.61. The maximum Gasteiger partial charge on any atom is 0.260 e. The van der Waals surface area contributed by atoms with E-state index in [4.69, 9.17) is 9.47 Å². The molecule has 1 aromatic heterocycles. The van der Waals surface area contributed by atoms with Crippen LogP contribution in [0.4, 0.5) is 0 Å². The Morgan fingerprint density at radius 2 is 2.38 bits per heavy atom. The van der Waals surface area contributed by atoms with E-state index >= 15 is 0 Å². The van der Waals surface area contributed by atoms with Crippen molar-refractivity contribution in [2.45, 2.75) is 18.6 Å². The quantitative estimate of drug-likeness (QED) is 0.770. The van der Waals surface area contributed by atoms with Crippen LogP contribution < -0.4 is 4.74 Å². The monoisotopic (exact) mass is 293 g/mol. The smallest absolute Gasteiger partial charge is 0.260 e. The summed E-state index contributed by atoms with van der Waals surface area (Å²) < 4.78 is 10.8. The summed E-state index contributed by atoms with van der Waals surface area (Å²) in [5, 5.41) is 0. The van der Waals surface area contributed by atoms with Crippen molar-refractivity contribution in [3.05, 3.63) is 24.5 Å². The second-order valence-corrected chi connectivity index (χ2v) is 5.44. The number of hydrogen-bond acceptors (Lipinski definition) is 5. The number of hydrogen-bond donors (Lipinski definition) is 0. The molecule has 2 rings (SSSR count). The standard InChI is InChI=1S/C15H23N3O3/c1-17-10-14(20-3)7-12(17)9-18(2)15(19)11-21-13-5-4-6-16-8-13/h4-6,8,12,14H,7,9-11H2,1-3H3/t12-,14-/m0/s1. The summed E-state index contributed by atoms with van der Waals surface area (Å²) in [4.78, 5) is 20.0. The Hall–Kier alpha value is -1.66. The van der Waals surface area contributed by atoms with E-state index in [9.17, 15) is 4.79 Å². The Labute approximate surface area is 125 Å². The van der Waals surface area contributed by atoms with Crippen molar-refractivity contribution < 1.29 is 14.3 Å². The zero-order valence-corrected chi connectivity index (χ0v) is 12.9. The summed E-state index contributed by atoms with van der Waals surface area (Å²) in [6.45, 7) is 1.63. The summed E-state index contributed by atoms with van der Waals surface area (Å²) >= 11 is 0. The van der Waals surface area contributed by atoms with Crippen molar-refractivity contribution in [1.82, 2.24) is 14.8 Å². The van der Waals surface area contributed by atoms with Crippen molar-refractivity contribution in [3.8, 4) is 5.75 Å². The number of methoxy groups -OCH3 is 1. The summed E-state index contributed by atoms with van der Waals surface area (Å²) in [6.07, 6.45) is 4.48. The van der Waals surface area contributed by atoms with Crippen LogP contribution in [0.2, 0.25) is 0 Å². The van der Waals surface area contributed by atoms with Gasteiger partial charge >= 0.3 is 0 Å². The van der Waals surface area contributed by atoms with Gasteiger partial charge in [-0.2, -0.15) is 0 Å². The molecule has 0 N–H and O–H groups in total. The fraction of sp³-hybridized carbons (Fsp3) is 0.600. The Morgan fingerprint density at radius 1 is 1.57 bits per heavy atom. The van der Waals surface area contributed by atoms with Crippen molar-refractivity contribution in [2.75, 3.05) is 40.9 Å². The molecule has 116 valence electrons. The van der Waals surface area contributed by atoms with E-state index in [1.165, 1.54) is 0 Å². The molecule has 1 aliphatic heterocycles. The first-order valence-corrected chi connectivity index (χ1v) is 7.10. The summed E-state index contributed by atoms with van der Waals surface area (Å²) in [5.74, 6) is 0.574. The third-order valence-electron chi connectivity index (χ3n) is 3.89. The predicted molar refractivity (Wildman–Crippen MR) is 79.2 cm³/mol. The molecule has 1 aliphatic rings. The number of rotatable bonds is 6. The first-order valence-electron chi connectivity index (χ1n) is 7.10. The third-order valence-corrected chi connectivity index (χ3v) is 3.89. The van der Waals surface area contributed by atoms with E-state index in [1.807, 2.05) is 7.05 Å². The van der Waals surface area contributed by atoms with E-state index in [1.54, 1.807) is 36.5 Å². The molecular formula is C15H23N3O3. The first-order chi connectivity index (χ1) is 10.1. The van der Waals surface area contributed by atoms with Gasteiger partial charge in [0.25, 0.3) is 5.91 Å². The largest absolute Gasteiger partial charge is 0.482 e. The number of amides is 1. The van der Waals surface area contributed by atoms with Gasteiger partial charge in [0.15, 0.2) is 6.61 Å². The highest BCUT2D eigenvalue weighted by atomic mass is 16.5. The third kappa shape index (κ3) is 4.41. The van der Waals surface area contributed by atoms with Gasteiger partial charge in [0.05, 0.1) is 12.3 Å². The molecule has 0 radical (unpaired) electrons. The number of carbonyl (C=O) groups excluding carboxylic acids is 1. The molecular weight excluding hydrogens is 270 g/mol. The molecule has 2 atom stereocenters. The van der Waals surface area contributed by atoms with Crippen LogP contribution in [0.3, 0.4) is 0 Å². The zero-order valence-electron chi connectivity index (χ0n) is 12.9. The second kappa shape index (κ2) is 7.38. The maximum absolute atomic E-state index is 12.1. The van der Waals surface area contributed by atoms with Gasteiger partial charge in [-0.15, -0.1) is 0 Å². The van der Waals surface area contributed by atoms with Crippen molar-refractivity contribution >= 4 is 5.91 Å². The second-order valence-electron chi connectivity index (χ2n) is 5.44. The van der Waals surface area contributed by atoms with Crippen LogP contribution in [0.1, 0.15) is 6.42 Å². The molecule has 0 aromatic carbocycles. The maximum atomic E-state index is 12.1. The summed E-state index contributed by atoms with van der Waals surface area (Å²) in [5.41, 5.74) is 0. The van der Waals surface area contributed by atoms with E-state index in [0.717, 1.165) is 13.0 Å². The molecule has 1 saturated heterocycles. The highest BCUT2D eigenvalue weighted by molar-refractivity contribution is 5.77. The van der Waals surface area contributed by atoms with Gasteiger partial charge in [0, 0.05) is 39.5 Å². The number of aromatic nitrogens is 1. The normalized spacial score (nSPS) is 22.2. The zero-order chi connectivity index (χ0) is 15.2. The van der Waals surface area contributed by atoms with Gasteiger partial charge < -0.3 is 14.4 Å². The lowest BCUT2D eigenvalue weighted by molar-refractivity contribution is -0.132. The van der Waals surface area contributed by atoms with Crippen molar-refractivity contribution in [3.63, 3.8) is 0 Å². The topological polar surface area (TPSA) is 54.9 Å². The highest BCUT2D eigenvalue weighted by Crippen LogP contribution is 2.18. The minimum atomic E-state index is -0.0341. The molecule has 2 heterocycles. The Bertz CT molecular complexity index is 455. The lowest BCUT2D eigenvalue weighted by Crippen LogP contribution is -2.41. The molecule has 0 spiro atoms. The van der Waals surface area contributed by atoms with Gasteiger partial charge in [-0.05, 0) is 25.6 Å². The van der Waals surface area contributed by atoms with Crippen LogP contribution in [0, 0.1) is 0 Å². The highest BCUT2D eigenvalue weighted by Gasteiger charge is 2.30. The van der Waals surface area contributed by atoms with E-state index in [2.05, 4.69) is 16.9 Å². The number of likely N-dealkylation sites (N-methyl/N-ethyl adjacent to an activating group) is 2. The number of likely N-dealkylation sites (tertiary alicyclic amines) is 1. The van der Waals surface area contributed by atoms with Gasteiger partial charge in [-0.3, -0.25) is 14.7 Å². The van der Waals surface area contributed by atoms with Crippen LogP contribution in [-0.4, -0.2) is 73.7 Å². The SMILES string of the molecule is CO[C@H]1C[C@@H](CN(C)C(=O)COc2cccnc2)N(C)C1. The van der Waals surface area contributed by atoms with Crippen LogP contribution in [0.5, 0.6) is 5.75 Å². The molecule has 1 fully saturated rings. The predicted octanol–water partition coefficient (Wildman–Crippen LogP) is 0.638. The minimum absolute atomic E-state index is 0.0341. The Balaban J connectivity index is 1.77. The molecule has 6 nitrogen and oxygen atoms in total. The van der Waals surface area contributed by atoms with E-state index < -0.39 is 0 Å². The molecule has 0 saturated carbocycles. The van der Waals surface area contributed by atoms with Gasteiger partial charge in [0.2, 0.25) is 0 Å². The molecule has 0 bridgehead atoms. The van der Waals surface area contributed by atoms with Crippen molar-refractivity contribution in [1.29, 1.82) is 0 Å². The van der Waals surface area contributed by atoms with Crippen molar-refractivity contribution in [2.24, 2.45) is 0 Å². The van der Waals surface area contributed by atoms with Crippen LogP contribution in [0.25, 0.3) is 0 Å². The number of ether oxygens (including phenoxy) is 2. The summed E-state index contributed by atoms with van der Waals surface area (Å²) in [6, 6.07) is 3.90. The molecule has 0 unspecified atom stereocenters. The Morgan fingerprint density at radius 3 is 3.00 bits per heavy atom. The number of pyridine rings is 1. The molecule has 0 aliphatic carbocycles. The number of carbonyl (C=O) groups is 1. The lowest BCUT2D eigenvalue weighted by Gasteiger charge is -2.25. The molecule has 6 heteroatoms. The minimum Gasteiger partial charge on any atom is -0.482 e. The fourth-order valence-electron chi connectivity index (χ4n) is 2.52. The van der Waals surface area contributed by atoms with Gasteiger partial charge in [-0.25, -0.2) is 0 Å². The molecule has 1 aromatic rings. The van der Waals surface area contributed by atoms with Gasteiger partial charge in [0.1, 0.15) is 5.75 Å². The number of nitrogens with zero attached hydrogens (tertiary/aromatic N) is 3. The molecule has 1 amide bonds. The first kappa shape index (κ1) is 15.7. The molecule has 21 heavy (non-hydrogen) atoms.